The zero-order chi connectivity index (χ0) is 13.7. The van der Waals surface area contributed by atoms with E-state index in [0.717, 1.165) is 12.8 Å². The van der Waals surface area contributed by atoms with Crippen LogP contribution in [0.2, 0.25) is 0 Å². The maximum absolute atomic E-state index is 12.3. The van der Waals surface area contributed by atoms with Gasteiger partial charge in [0.15, 0.2) is 5.82 Å². The second-order valence-corrected chi connectivity index (χ2v) is 5.08. The predicted octanol–water partition coefficient (Wildman–Crippen LogP) is 2.07. The van der Waals surface area contributed by atoms with Crippen molar-refractivity contribution in [2.45, 2.75) is 45.1 Å². The Morgan fingerprint density at radius 3 is 3.00 bits per heavy atom. The van der Waals surface area contributed by atoms with E-state index in [2.05, 4.69) is 22.7 Å². The quantitative estimate of drug-likeness (QED) is 0.573. The third-order valence-corrected chi connectivity index (χ3v) is 3.94. The fourth-order valence-electron chi connectivity index (χ4n) is 2.84. The van der Waals surface area contributed by atoms with Crippen LogP contribution in [-0.2, 0) is 0 Å². The Hall–Kier alpha value is -1.62. The van der Waals surface area contributed by atoms with Crippen LogP contribution in [0.25, 0.3) is 0 Å². The first-order valence-corrected chi connectivity index (χ1v) is 6.98. The summed E-state index contributed by atoms with van der Waals surface area (Å²) in [6, 6.07) is 3.76. The lowest BCUT2D eigenvalue weighted by Gasteiger charge is -2.31. The largest absolute Gasteiger partial charge is 0.349 e. The average molecular weight is 262 g/mol. The Morgan fingerprint density at radius 1 is 1.47 bits per heavy atom. The maximum atomic E-state index is 12.3. The van der Waals surface area contributed by atoms with E-state index in [1.165, 1.54) is 19.3 Å². The molecule has 1 amide bonds. The number of amides is 1. The number of nitrogens with one attached hydrogen (secondary N) is 2. The molecule has 0 radical (unpaired) electrons. The molecule has 1 aromatic rings. The molecule has 2 unspecified atom stereocenters. The molecular weight excluding hydrogens is 240 g/mol. The summed E-state index contributed by atoms with van der Waals surface area (Å²) < 4.78 is 0. The number of nitrogen functional groups attached to an aromatic ring is 1. The molecule has 5 heteroatoms. The zero-order valence-electron chi connectivity index (χ0n) is 11.4. The lowest BCUT2D eigenvalue weighted by Crippen LogP contribution is -2.42. The summed E-state index contributed by atoms with van der Waals surface area (Å²) in [6.07, 6.45) is 7.46. The number of nitrogens with zero attached hydrogens (tertiary/aromatic N) is 1. The summed E-state index contributed by atoms with van der Waals surface area (Å²) in [7, 11) is 0. The first-order valence-electron chi connectivity index (χ1n) is 6.98. The molecule has 1 saturated carbocycles. The van der Waals surface area contributed by atoms with E-state index in [-0.39, 0.29) is 11.9 Å². The van der Waals surface area contributed by atoms with Gasteiger partial charge in [-0.2, -0.15) is 0 Å². The van der Waals surface area contributed by atoms with Crippen molar-refractivity contribution in [3.63, 3.8) is 0 Å². The molecule has 0 saturated heterocycles. The molecule has 2 rings (SSSR count). The number of rotatable bonds is 4. The van der Waals surface area contributed by atoms with Gasteiger partial charge in [0, 0.05) is 12.2 Å². The van der Waals surface area contributed by atoms with Gasteiger partial charge in [-0.3, -0.25) is 4.79 Å². The molecule has 2 atom stereocenters. The summed E-state index contributed by atoms with van der Waals surface area (Å²) in [6.45, 7) is 2.19. The van der Waals surface area contributed by atoms with Crippen molar-refractivity contribution in [1.29, 1.82) is 0 Å². The molecule has 4 N–H and O–H groups in total. The summed E-state index contributed by atoms with van der Waals surface area (Å²) in [5.41, 5.74) is 2.97. The monoisotopic (exact) mass is 262 g/mol. The van der Waals surface area contributed by atoms with Crippen LogP contribution < -0.4 is 16.6 Å². The maximum Gasteiger partial charge on any atom is 0.255 e. The fraction of sp³-hybridized carbons (Fsp3) is 0.571. The van der Waals surface area contributed by atoms with Gasteiger partial charge in [0.1, 0.15) is 0 Å². The lowest BCUT2D eigenvalue weighted by atomic mass is 9.83. The van der Waals surface area contributed by atoms with Crippen LogP contribution in [0.4, 0.5) is 5.82 Å². The number of hydrogen-bond acceptors (Lipinski definition) is 4. The minimum Gasteiger partial charge on any atom is -0.349 e. The van der Waals surface area contributed by atoms with Gasteiger partial charge in [-0.05, 0) is 30.9 Å². The molecule has 5 nitrogen and oxygen atoms in total. The lowest BCUT2D eigenvalue weighted by molar-refractivity contribution is 0.0905. The highest BCUT2D eigenvalue weighted by atomic mass is 16.1. The van der Waals surface area contributed by atoms with Crippen molar-refractivity contribution < 1.29 is 4.79 Å². The molecule has 0 aromatic carbocycles. The minimum absolute atomic E-state index is 0.0913. The van der Waals surface area contributed by atoms with Crippen molar-refractivity contribution in [3.8, 4) is 0 Å². The van der Waals surface area contributed by atoms with Crippen molar-refractivity contribution in [3.05, 3.63) is 23.9 Å². The van der Waals surface area contributed by atoms with Crippen molar-refractivity contribution >= 4 is 11.7 Å². The second-order valence-electron chi connectivity index (χ2n) is 5.08. The zero-order valence-corrected chi connectivity index (χ0v) is 11.4. The summed E-state index contributed by atoms with van der Waals surface area (Å²) in [4.78, 5) is 16.4. The van der Waals surface area contributed by atoms with Crippen LogP contribution in [0.1, 0.15) is 49.4 Å². The number of hydrogen-bond donors (Lipinski definition) is 3. The SMILES string of the molecule is CCC1CCCCC1NC(=O)c1cccnc1NN. The molecule has 1 fully saturated rings. The number of carbonyl (C=O) groups excluding carboxylic acids is 1. The number of aromatic nitrogens is 1. The number of hydrazine groups is 1. The van der Waals surface area contributed by atoms with Crippen molar-refractivity contribution in [2.75, 3.05) is 5.43 Å². The average Bonchev–Trinajstić information content (AvgIpc) is 2.47. The van der Waals surface area contributed by atoms with Gasteiger partial charge in [-0.25, -0.2) is 10.8 Å². The summed E-state index contributed by atoms with van der Waals surface area (Å²) >= 11 is 0. The minimum atomic E-state index is -0.0913. The molecule has 0 aliphatic heterocycles. The number of pyridine rings is 1. The topological polar surface area (TPSA) is 80.0 Å². The smallest absolute Gasteiger partial charge is 0.255 e. The molecule has 0 bridgehead atoms. The van der Waals surface area contributed by atoms with E-state index in [1.807, 2.05) is 0 Å². The third kappa shape index (κ3) is 3.23. The van der Waals surface area contributed by atoms with Crippen LogP contribution >= 0.6 is 0 Å². The molecule has 1 aliphatic rings. The molecule has 1 aliphatic carbocycles. The van der Waals surface area contributed by atoms with Gasteiger partial charge in [0.05, 0.1) is 5.56 Å². The Labute approximate surface area is 114 Å². The molecular formula is C14H22N4O. The Bertz CT molecular complexity index is 435. The predicted molar refractivity (Wildman–Crippen MR) is 75.6 cm³/mol. The molecule has 104 valence electrons. The highest BCUT2D eigenvalue weighted by molar-refractivity contribution is 5.98. The second kappa shape index (κ2) is 6.52. The van der Waals surface area contributed by atoms with Gasteiger partial charge in [-0.15, -0.1) is 0 Å². The van der Waals surface area contributed by atoms with Crippen molar-refractivity contribution in [1.82, 2.24) is 10.3 Å². The fourth-order valence-corrected chi connectivity index (χ4v) is 2.84. The number of anilines is 1. The van der Waals surface area contributed by atoms with Crippen LogP contribution in [0, 0.1) is 5.92 Å². The van der Waals surface area contributed by atoms with E-state index in [1.54, 1.807) is 18.3 Å². The first-order chi connectivity index (χ1) is 9.26. The Kier molecular flexibility index (Phi) is 4.74. The van der Waals surface area contributed by atoms with Crippen LogP contribution in [0.15, 0.2) is 18.3 Å². The van der Waals surface area contributed by atoms with Crippen LogP contribution in [0.5, 0.6) is 0 Å². The summed E-state index contributed by atoms with van der Waals surface area (Å²) in [5.74, 6) is 6.30. The summed E-state index contributed by atoms with van der Waals surface area (Å²) in [5, 5.41) is 3.14. The first kappa shape index (κ1) is 13.8. The van der Waals surface area contributed by atoms with Gasteiger partial charge in [0.25, 0.3) is 5.91 Å². The highest BCUT2D eigenvalue weighted by Crippen LogP contribution is 2.27. The normalized spacial score (nSPS) is 22.8. The standard InChI is InChI=1S/C14H22N4O/c1-2-10-6-3-4-8-12(10)17-14(19)11-7-5-9-16-13(11)18-15/h5,7,9-10,12H,2-4,6,8,15H2,1H3,(H,16,18)(H,17,19). The Morgan fingerprint density at radius 2 is 2.26 bits per heavy atom. The van der Waals surface area contributed by atoms with Crippen LogP contribution in [-0.4, -0.2) is 16.9 Å². The van der Waals surface area contributed by atoms with E-state index in [0.29, 0.717) is 17.3 Å². The molecule has 19 heavy (non-hydrogen) atoms. The van der Waals surface area contributed by atoms with E-state index >= 15 is 0 Å². The van der Waals surface area contributed by atoms with E-state index in [4.69, 9.17) is 5.84 Å². The Balaban J connectivity index is 2.07. The third-order valence-electron chi connectivity index (χ3n) is 3.94. The van der Waals surface area contributed by atoms with E-state index < -0.39 is 0 Å². The van der Waals surface area contributed by atoms with Crippen LogP contribution in [0.3, 0.4) is 0 Å². The van der Waals surface area contributed by atoms with Gasteiger partial charge < -0.3 is 10.7 Å². The van der Waals surface area contributed by atoms with Crippen molar-refractivity contribution in [2.24, 2.45) is 11.8 Å². The van der Waals surface area contributed by atoms with Gasteiger partial charge in [-0.1, -0.05) is 26.2 Å². The van der Waals surface area contributed by atoms with E-state index in [9.17, 15) is 4.79 Å². The molecule has 1 aromatic heterocycles. The molecule has 1 heterocycles. The number of carbonyl (C=O) groups is 1. The van der Waals surface area contributed by atoms with Gasteiger partial charge >= 0.3 is 0 Å². The van der Waals surface area contributed by atoms with Gasteiger partial charge in [0.2, 0.25) is 0 Å². The number of nitrogens with two attached hydrogens (primary N) is 1. The molecule has 0 spiro atoms. The highest BCUT2D eigenvalue weighted by Gasteiger charge is 2.26.